The second-order valence-electron chi connectivity index (χ2n) is 5.92. The summed E-state index contributed by atoms with van der Waals surface area (Å²) in [5, 5.41) is 8.60. The molecule has 0 spiro atoms. The van der Waals surface area contributed by atoms with Crippen LogP contribution in [0.3, 0.4) is 0 Å². The first-order chi connectivity index (χ1) is 11.6. The van der Waals surface area contributed by atoms with E-state index < -0.39 is 0 Å². The summed E-state index contributed by atoms with van der Waals surface area (Å²) in [6.07, 6.45) is 2.96. The molecule has 3 aromatic rings. The van der Waals surface area contributed by atoms with E-state index in [0.29, 0.717) is 6.54 Å². The lowest BCUT2D eigenvalue weighted by molar-refractivity contribution is 0.215. The van der Waals surface area contributed by atoms with Crippen LogP contribution in [0.15, 0.2) is 30.5 Å². The first kappa shape index (κ1) is 16.2. The minimum atomic E-state index is 0.192. The van der Waals surface area contributed by atoms with E-state index in [-0.39, 0.29) is 6.10 Å². The van der Waals surface area contributed by atoms with Gasteiger partial charge in [-0.1, -0.05) is 25.1 Å². The second-order valence-corrected chi connectivity index (χ2v) is 5.92. The number of anilines is 1. The molecule has 1 aromatic carbocycles. The van der Waals surface area contributed by atoms with Crippen LogP contribution in [0, 0.1) is 6.92 Å². The molecule has 24 heavy (non-hydrogen) atoms. The van der Waals surface area contributed by atoms with Gasteiger partial charge in [0.25, 0.3) is 0 Å². The predicted molar refractivity (Wildman–Crippen MR) is 95.2 cm³/mol. The molecule has 0 aliphatic rings. The molecule has 0 aliphatic heterocycles. The Bertz CT molecular complexity index is 843. The van der Waals surface area contributed by atoms with E-state index in [1.165, 1.54) is 0 Å². The summed E-state index contributed by atoms with van der Waals surface area (Å²) in [7, 11) is 1.88. The number of nitrogens with zero attached hydrogens (tertiary/aromatic N) is 4. The van der Waals surface area contributed by atoms with E-state index in [2.05, 4.69) is 40.3 Å². The predicted octanol–water partition coefficient (Wildman–Crippen LogP) is 3.46. The van der Waals surface area contributed by atoms with Crippen molar-refractivity contribution in [3.63, 3.8) is 0 Å². The lowest BCUT2D eigenvalue weighted by Crippen LogP contribution is -2.12. The molecule has 6 nitrogen and oxygen atoms in total. The summed E-state index contributed by atoms with van der Waals surface area (Å²) in [5.74, 6) is 2.43. The number of para-hydroxylation sites is 1. The molecular formula is C18H23N5O. The lowest BCUT2D eigenvalue weighted by Gasteiger charge is -2.16. The van der Waals surface area contributed by atoms with Crippen molar-refractivity contribution in [2.45, 2.75) is 39.8 Å². The van der Waals surface area contributed by atoms with Gasteiger partial charge < -0.3 is 10.1 Å². The van der Waals surface area contributed by atoms with Crippen molar-refractivity contribution in [1.82, 2.24) is 19.7 Å². The third-order valence-corrected chi connectivity index (χ3v) is 4.03. The van der Waals surface area contributed by atoms with E-state index in [9.17, 15) is 0 Å². The highest BCUT2D eigenvalue weighted by Crippen LogP contribution is 2.24. The first-order valence-corrected chi connectivity index (χ1v) is 8.23. The van der Waals surface area contributed by atoms with Crippen molar-refractivity contribution in [2.24, 2.45) is 7.05 Å². The summed E-state index contributed by atoms with van der Waals surface area (Å²) in [4.78, 5) is 8.96. The molecule has 1 N–H and O–H groups in total. The van der Waals surface area contributed by atoms with Crippen LogP contribution in [0.4, 0.5) is 5.82 Å². The molecule has 1 atom stereocenters. The Labute approximate surface area is 141 Å². The maximum atomic E-state index is 6.01. The highest BCUT2D eigenvalue weighted by molar-refractivity contribution is 5.86. The Morgan fingerprint density at radius 1 is 1.25 bits per heavy atom. The van der Waals surface area contributed by atoms with Crippen molar-refractivity contribution in [3.8, 4) is 5.75 Å². The SMILES string of the molecule is CC[C@H](C)Oc1ccccc1CNc1nc(C)nc2c1cnn2C. The molecule has 126 valence electrons. The van der Waals surface area contributed by atoms with Gasteiger partial charge in [-0.25, -0.2) is 9.97 Å². The molecule has 6 heteroatoms. The van der Waals surface area contributed by atoms with Crippen LogP contribution >= 0.6 is 0 Å². The standard InChI is InChI=1S/C18H23N5O/c1-5-12(2)24-16-9-7-6-8-14(16)10-19-17-15-11-20-23(4)18(15)22-13(3)21-17/h6-9,11-12H,5,10H2,1-4H3,(H,19,21,22)/t12-/m0/s1. The van der Waals surface area contributed by atoms with Crippen LogP contribution in [0.25, 0.3) is 11.0 Å². The fourth-order valence-corrected chi connectivity index (χ4v) is 2.51. The van der Waals surface area contributed by atoms with Crippen LogP contribution < -0.4 is 10.1 Å². The molecule has 2 aromatic heterocycles. The number of hydrogen-bond acceptors (Lipinski definition) is 5. The molecule has 0 unspecified atom stereocenters. The molecule has 0 saturated carbocycles. The molecule has 0 amide bonds. The van der Waals surface area contributed by atoms with Gasteiger partial charge >= 0.3 is 0 Å². The zero-order valence-corrected chi connectivity index (χ0v) is 14.6. The van der Waals surface area contributed by atoms with Gasteiger partial charge in [0.05, 0.1) is 17.7 Å². The van der Waals surface area contributed by atoms with Crippen LogP contribution in [-0.2, 0) is 13.6 Å². The quantitative estimate of drug-likeness (QED) is 0.752. The maximum Gasteiger partial charge on any atom is 0.163 e. The summed E-state index contributed by atoms with van der Waals surface area (Å²) in [6, 6.07) is 8.09. The van der Waals surface area contributed by atoms with Gasteiger partial charge in [-0.3, -0.25) is 4.68 Å². The number of rotatable bonds is 6. The van der Waals surface area contributed by atoms with Gasteiger partial charge in [-0.2, -0.15) is 5.10 Å². The smallest absolute Gasteiger partial charge is 0.163 e. The van der Waals surface area contributed by atoms with Crippen molar-refractivity contribution < 1.29 is 4.74 Å². The van der Waals surface area contributed by atoms with Crippen molar-refractivity contribution >= 4 is 16.9 Å². The molecule has 0 bridgehead atoms. The van der Waals surface area contributed by atoms with Gasteiger partial charge in [-0.15, -0.1) is 0 Å². The highest BCUT2D eigenvalue weighted by Gasteiger charge is 2.11. The van der Waals surface area contributed by atoms with E-state index in [0.717, 1.165) is 40.4 Å². The summed E-state index contributed by atoms with van der Waals surface area (Å²) >= 11 is 0. The van der Waals surface area contributed by atoms with Crippen LogP contribution in [0.1, 0.15) is 31.7 Å². The molecule has 0 radical (unpaired) electrons. The second kappa shape index (κ2) is 6.86. The number of hydrogen-bond donors (Lipinski definition) is 1. The number of aromatic nitrogens is 4. The highest BCUT2D eigenvalue weighted by atomic mass is 16.5. The maximum absolute atomic E-state index is 6.01. The monoisotopic (exact) mass is 325 g/mol. The third kappa shape index (κ3) is 3.32. The molecule has 2 heterocycles. The fourth-order valence-electron chi connectivity index (χ4n) is 2.51. The number of benzene rings is 1. The molecule has 3 rings (SSSR count). The molecule has 0 aliphatic carbocycles. The van der Waals surface area contributed by atoms with E-state index in [4.69, 9.17) is 4.74 Å². The minimum absolute atomic E-state index is 0.192. The summed E-state index contributed by atoms with van der Waals surface area (Å²) < 4.78 is 7.77. The van der Waals surface area contributed by atoms with Gasteiger partial charge in [-0.05, 0) is 26.3 Å². The molecule has 0 fully saturated rings. The fraction of sp³-hybridized carbons (Fsp3) is 0.389. The van der Waals surface area contributed by atoms with E-state index in [1.807, 2.05) is 32.2 Å². The van der Waals surface area contributed by atoms with Gasteiger partial charge in [0.1, 0.15) is 17.4 Å². The van der Waals surface area contributed by atoms with Crippen molar-refractivity contribution in [1.29, 1.82) is 0 Å². The average Bonchev–Trinajstić information content (AvgIpc) is 2.95. The molecule has 0 saturated heterocycles. The Balaban J connectivity index is 1.84. The Morgan fingerprint density at radius 2 is 2.04 bits per heavy atom. The number of ether oxygens (including phenoxy) is 1. The topological polar surface area (TPSA) is 64.9 Å². The van der Waals surface area contributed by atoms with E-state index >= 15 is 0 Å². The number of aryl methyl sites for hydroxylation is 2. The minimum Gasteiger partial charge on any atom is -0.490 e. The van der Waals surface area contributed by atoms with Crippen LogP contribution in [0.2, 0.25) is 0 Å². The third-order valence-electron chi connectivity index (χ3n) is 4.03. The van der Waals surface area contributed by atoms with Gasteiger partial charge in [0, 0.05) is 19.2 Å². The Morgan fingerprint density at radius 3 is 2.83 bits per heavy atom. The number of nitrogens with one attached hydrogen (secondary N) is 1. The lowest BCUT2D eigenvalue weighted by atomic mass is 10.2. The Hall–Kier alpha value is -2.63. The van der Waals surface area contributed by atoms with Crippen LogP contribution in [0.5, 0.6) is 5.75 Å². The summed E-state index contributed by atoms with van der Waals surface area (Å²) in [5.41, 5.74) is 1.93. The summed E-state index contributed by atoms with van der Waals surface area (Å²) in [6.45, 7) is 6.72. The van der Waals surface area contributed by atoms with Crippen molar-refractivity contribution in [2.75, 3.05) is 5.32 Å². The van der Waals surface area contributed by atoms with E-state index in [1.54, 1.807) is 10.9 Å². The Kier molecular flexibility index (Phi) is 4.64. The normalized spacial score (nSPS) is 12.3. The van der Waals surface area contributed by atoms with Gasteiger partial charge in [0.2, 0.25) is 0 Å². The zero-order valence-electron chi connectivity index (χ0n) is 14.6. The van der Waals surface area contributed by atoms with Crippen LogP contribution in [-0.4, -0.2) is 25.9 Å². The zero-order chi connectivity index (χ0) is 17.1. The largest absolute Gasteiger partial charge is 0.490 e. The molecular weight excluding hydrogens is 302 g/mol. The van der Waals surface area contributed by atoms with Crippen molar-refractivity contribution in [3.05, 3.63) is 41.9 Å². The number of fused-ring (bicyclic) bond motifs is 1. The first-order valence-electron chi connectivity index (χ1n) is 8.23. The van der Waals surface area contributed by atoms with Gasteiger partial charge in [0.15, 0.2) is 5.65 Å². The average molecular weight is 325 g/mol.